The van der Waals surface area contributed by atoms with Gasteiger partial charge in [-0.25, -0.2) is 4.98 Å². The Balaban J connectivity index is 2.65. The van der Waals surface area contributed by atoms with Gasteiger partial charge in [-0.05, 0) is 26.0 Å². The maximum atomic E-state index is 11.3. The molecule has 4 N–H and O–H groups in total. The first kappa shape index (κ1) is 12.2. The van der Waals surface area contributed by atoms with Crippen molar-refractivity contribution in [2.24, 2.45) is 5.73 Å². The van der Waals surface area contributed by atoms with Crippen LogP contribution in [0.15, 0.2) is 18.2 Å². The standard InChI is InChI=1S/C12H16N4O2/c1-3-18-9-6-4-5-8-10(9)15-12(14)16(8)7(2)11(13)17/h4-7H,3H2,1-2H3,(H2,13,17)(H2,14,15). The van der Waals surface area contributed by atoms with Gasteiger partial charge in [0.1, 0.15) is 17.3 Å². The normalized spacial score (nSPS) is 12.6. The number of primary amides is 1. The van der Waals surface area contributed by atoms with Gasteiger partial charge in [0.15, 0.2) is 0 Å². The number of nitrogens with two attached hydrogens (primary N) is 2. The van der Waals surface area contributed by atoms with Crippen LogP contribution in [-0.2, 0) is 4.79 Å². The number of ether oxygens (including phenoxy) is 1. The van der Waals surface area contributed by atoms with Crippen LogP contribution in [0.2, 0.25) is 0 Å². The summed E-state index contributed by atoms with van der Waals surface area (Å²) in [6.07, 6.45) is 0. The third-order valence-corrected chi connectivity index (χ3v) is 2.81. The Hall–Kier alpha value is -2.24. The Morgan fingerprint density at radius 1 is 1.56 bits per heavy atom. The Bertz CT molecular complexity index is 591. The van der Waals surface area contributed by atoms with Crippen LogP contribution in [0.4, 0.5) is 5.95 Å². The highest BCUT2D eigenvalue weighted by Crippen LogP contribution is 2.29. The number of para-hydroxylation sites is 1. The summed E-state index contributed by atoms with van der Waals surface area (Å²) in [6.45, 7) is 4.12. The maximum absolute atomic E-state index is 11.3. The molecule has 1 aromatic carbocycles. The average Bonchev–Trinajstić information content (AvgIpc) is 2.66. The summed E-state index contributed by atoms with van der Waals surface area (Å²) in [5, 5.41) is 0. The number of hydrogen-bond acceptors (Lipinski definition) is 4. The van der Waals surface area contributed by atoms with Crippen LogP contribution in [0, 0.1) is 0 Å². The van der Waals surface area contributed by atoms with Crippen molar-refractivity contribution in [1.29, 1.82) is 0 Å². The molecular weight excluding hydrogens is 232 g/mol. The number of fused-ring (bicyclic) bond motifs is 1. The highest BCUT2D eigenvalue weighted by Gasteiger charge is 2.19. The molecule has 2 aromatic rings. The van der Waals surface area contributed by atoms with Crippen LogP contribution in [0.1, 0.15) is 19.9 Å². The summed E-state index contributed by atoms with van der Waals surface area (Å²) in [5.41, 5.74) is 12.5. The molecule has 0 spiro atoms. The number of carbonyl (C=O) groups is 1. The summed E-state index contributed by atoms with van der Waals surface area (Å²) >= 11 is 0. The highest BCUT2D eigenvalue weighted by atomic mass is 16.5. The molecule has 0 aliphatic rings. The molecule has 2 rings (SSSR count). The first-order valence-electron chi connectivity index (χ1n) is 5.74. The van der Waals surface area contributed by atoms with E-state index >= 15 is 0 Å². The molecule has 0 saturated carbocycles. The Kier molecular flexibility index (Phi) is 3.10. The van der Waals surface area contributed by atoms with Crippen molar-refractivity contribution in [2.75, 3.05) is 12.3 Å². The van der Waals surface area contributed by atoms with E-state index in [1.54, 1.807) is 11.5 Å². The Labute approximate surface area is 105 Å². The zero-order valence-corrected chi connectivity index (χ0v) is 10.4. The number of aromatic nitrogens is 2. The van der Waals surface area contributed by atoms with Crippen molar-refractivity contribution in [3.8, 4) is 5.75 Å². The molecule has 1 atom stereocenters. The predicted octanol–water partition coefficient (Wildman–Crippen LogP) is 1.06. The van der Waals surface area contributed by atoms with E-state index in [1.807, 2.05) is 25.1 Å². The number of nitrogen functional groups attached to an aromatic ring is 1. The summed E-state index contributed by atoms with van der Waals surface area (Å²) in [6, 6.07) is 4.93. The van der Waals surface area contributed by atoms with Crippen LogP contribution in [0.3, 0.4) is 0 Å². The largest absolute Gasteiger partial charge is 0.492 e. The lowest BCUT2D eigenvalue weighted by atomic mass is 10.2. The Morgan fingerprint density at radius 2 is 2.28 bits per heavy atom. The molecule has 1 aromatic heterocycles. The van der Waals surface area contributed by atoms with Gasteiger partial charge < -0.3 is 16.2 Å². The smallest absolute Gasteiger partial charge is 0.240 e. The molecule has 6 nitrogen and oxygen atoms in total. The van der Waals surface area contributed by atoms with E-state index in [4.69, 9.17) is 16.2 Å². The van der Waals surface area contributed by atoms with Gasteiger partial charge in [0.25, 0.3) is 0 Å². The summed E-state index contributed by atoms with van der Waals surface area (Å²) in [4.78, 5) is 15.5. The second-order valence-electron chi connectivity index (χ2n) is 3.98. The maximum Gasteiger partial charge on any atom is 0.240 e. The Morgan fingerprint density at radius 3 is 2.89 bits per heavy atom. The molecule has 0 radical (unpaired) electrons. The van der Waals surface area contributed by atoms with E-state index in [0.29, 0.717) is 17.9 Å². The number of anilines is 1. The molecule has 1 heterocycles. The van der Waals surface area contributed by atoms with Gasteiger partial charge in [-0.15, -0.1) is 0 Å². The molecule has 0 aliphatic heterocycles. The molecule has 96 valence electrons. The van der Waals surface area contributed by atoms with Crippen LogP contribution < -0.4 is 16.2 Å². The summed E-state index contributed by atoms with van der Waals surface area (Å²) in [7, 11) is 0. The topological polar surface area (TPSA) is 96.2 Å². The lowest BCUT2D eigenvalue weighted by molar-refractivity contribution is -0.120. The molecule has 1 unspecified atom stereocenters. The third kappa shape index (κ3) is 1.85. The number of nitrogens with zero attached hydrogens (tertiary/aromatic N) is 2. The number of amides is 1. The first-order valence-corrected chi connectivity index (χ1v) is 5.74. The zero-order valence-electron chi connectivity index (χ0n) is 10.4. The zero-order chi connectivity index (χ0) is 13.3. The van der Waals surface area contributed by atoms with Crippen molar-refractivity contribution in [2.45, 2.75) is 19.9 Å². The van der Waals surface area contributed by atoms with Crippen molar-refractivity contribution < 1.29 is 9.53 Å². The fraction of sp³-hybridized carbons (Fsp3) is 0.333. The predicted molar refractivity (Wildman–Crippen MR) is 69.2 cm³/mol. The minimum absolute atomic E-state index is 0.253. The molecule has 0 saturated heterocycles. The van der Waals surface area contributed by atoms with E-state index in [2.05, 4.69) is 4.98 Å². The van der Waals surface area contributed by atoms with Crippen LogP contribution >= 0.6 is 0 Å². The lowest BCUT2D eigenvalue weighted by Crippen LogP contribution is -2.24. The van der Waals surface area contributed by atoms with Crippen LogP contribution in [0.5, 0.6) is 5.75 Å². The third-order valence-electron chi connectivity index (χ3n) is 2.81. The minimum Gasteiger partial charge on any atom is -0.492 e. The van der Waals surface area contributed by atoms with Crippen LogP contribution in [-0.4, -0.2) is 22.1 Å². The molecule has 18 heavy (non-hydrogen) atoms. The van der Waals surface area contributed by atoms with E-state index in [-0.39, 0.29) is 5.95 Å². The summed E-state index contributed by atoms with van der Waals surface area (Å²) < 4.78 is 7.09. The molecule has 0 bridgehead atoms. The molecular formula is C12H16N4O2. The van der Waals surface area contributed by atoms with Gasteiger partial charge in [0.2, 0.25) is 11.9 Å². The fourth-order valence-corrected chi connectivity index (χ4v) is 1.92. The molecule has 0 aliphatic carbocycles. The molecule has 0 fully saturated rings. The first-order chi connectivity index (χ1) is 8.56. The number of carbonyl (C=O) groups excluding carboxylic acids is 1. The van der Waals surface area contributed by atoms with Gasteiger partial charge in [0.05, 0.1) is 12.1 Å². The van der Waals surface area contributed by atoms with Gasteiger partial charge in [-0.2, -0.15) is 0 Å². The number of imidazole rings is 1. The van der Waals surface area contributed by atoms with E-state index in [1.165, 1.54) is 0 Å². The minimum atomic E-state index is -0.549. The second-order valence-corrected chi connectivity index (χ2v) is 3.98. The quantitative estimate of drug-likeness (QED) is 0.845. The highest BCUT2D eigenvalue weighted by molar-refractivity contribution is 5.87. The van der Waals surface area contributed by atoms with E-state index in [0.717, 1.165) is 5.52 Å². The number of hydrogen-bond donors (Lipinski definition) is 2. The van der Waals surface area contributed by atoms with E-state index < -0.39 is 11.9 Å². The monoisotopic (exact) mass is 248 g/mol. The average molecular weight is 248 g/mol. The lowest BCUT2D eigenvalue weighted by Gasteiger charge is -2.12. The number of rotatable bonds is 4. The van der Waals surface area contributed by atoms with Gasteiger partial charge >= 0.3 is 0 Å². The van der Waals surface area contributed by atoms with Crippen molar-refractivity contribution >= 4 is 22.9 Å². The van der Waals surface area contributed by atoms with Crippen molar-refractivity contribution in [3.63, 3.8) is 0 Å². The SMILES string of the molecule is CCOc1cccc2c1nc(N)n2C(C)C(N)=O. The fourth-order valence-electron chi connectivity index (χ4n) is 1.92. The van der Waals surface area contributed by atoms with Gasteiger partial charge in [0, 0.05) is 0 Å². The van der Waals surface area contributed by atoms with Gasteiger partial charge in [-0.1, -0.05) is 6.07 Å². The van der Waals surface area contributed by atoms with Crippen molar-refractivity contribution in [1.82, 2.24) is 9.55 Å². The van der Waals surface area contributed by atoms with Crippen molar-refractivity contribution in [3.05, 3.63) is 18.2 Å². The second kappa shape index (κ2) is 4.56. The van der Waals surface area contributed by atoms with Gasteiger partial charge in [-0.3, -0.25) is 9.36 Å². The molecule has 6 heteroatoms. The summed E-state index contributed by atoms with van der Waals surface area (Å²) in [5.74, 6) is 0.448. The van der Waals surface area contributed by atoms with Crippen LogP contribution in [0.25, 0.3) is 11.0 Å². The molecule has 1 amide bonds. The van der Waals surface area contributed by atoms with E-state index in [9.17, 15) is 4.79 Å². The number of benzene rings is 1.